The molecule has 1 atom stereocenters. The number of Topliss-reactive ketones (excluding diaryl/α,β-unsaturated/α-hetero) is 1. The van der Waals surface area contributed by atoms with Crippen molar-refractivity contribution in [1.82, 2.24) is 4.90 Å². The van der Waals surface area contributed by atoms with Gasteiger partial charge in [-0.2, -0.15) is 0 Å². The van der Waals surface area contributed by atoms with Crippen LogP contribution in [0.1, 0.15) is 35.8 Å². The van der Waals surface area contributed by atoms with Crippen LogP contribution in [0.5, 0.6) is 5.75 Å². The predicted molar refractivity (Wildman–Crippen MR) is 99.4 cm³/mol. The van der Waals surface area contributed by atoms with E-state index in [-0.39, 0.29) is 17.1 Å². The van der Waals surface area contributed by atoms with E-state index in [0.29, 0.717) is 16.6 Å². The lowest BCUT2D eigenvalue weighted by molar-refractivity contribution is 0.0198. The summed E-state index contributed by atoms with van der Waals surface area (Å²) in [6.07, 6.45) is 0. The van der Waals surface area contributed by atoms with Gasteiger partial charge in [0.15, 0.2) is 5.78 Å². The molecule has 0 spiro atoms. The second kappa shape index (κ2) is 7.56. The first-order valence-corrected chi connectivity index (χ1v) is 8.80. The number of rotatable bonds is 4. The molecule has 132 valence electrons. The number of hydrogen-bond donors (Lipinski definition) is 1. The molecule has 25 heavy (non-hydrogen) atoms. The minimum absolute atomic E-state index is 0.0223. The summed E-state index contributed by atoms with van der Waals surface area (Å²) in [7, 11) is 0. The molecule has 1 fully saturated rings. The highest BCUT2D eigenvalue weighted by molar-refractivity contribution is 6.31. The highest BCUT2D eigenvalue weighted by Crippen LogP contribution is 2.36. The summed E-state index contributed by atoms with van der Waals surface area (Å²) in [5.41, 5.74) is 2.86. The number of phenols is 1. The Bertz CT molecular complexity index is 767. The van der Waals surface area contributed by atoms with E-state index in [1.165, 1.54) is 18.6 Å². The molecular weight excluding hydrogens is 338 g/mol. The number of aromatic hydroxyl groups is 1. The third kappa shape index (κ3) is 3.87. The monoisotopic (exact) mass is 359 g/mol. The van der Waals surface area contributed by atoms with Gasteiger partial charge >= 0.3 is 0 Å². The normalized spacial score (nSPS) is 16.6. The molecule has 5 heteroatoms. The summed E-state index contributed by atoms with van der Waals surface area (Å²) >= 11 is 6.12. The van der Waals surface area contributed by atoms with Crippen molar-refractivity contribution in [3.8, 4) is 16.9 Å². The first kappa shape index (κ1) is 17.9. The van der Waals surface area contributed by atoms with Gasteiger partial charge in [0.25, 0.3) is 0 Å². The molecule has 1 saturated heterocycles. The zero-order chi connectivity index (χ0) is 18.0. The second-order valence-electron chi connectivity index (χ2n) is 6.35. The number of phenolic OH excluding ortho intramolecular Hbond substituents is 1. The first-order valence-electron chi connectivity index (χ1n) is 8.43. The van der Waals surface area contributed by atoms with Crippen molar-refractivity contribution < 1.29 is 14.6 Å². The van der Waals surface area contributed by atoms with Crippen LogP contribution in [0.3, 0.4) is 0 Å². The molecule has 0 aromatic heterocycles. The van der Waals surface area contributed by atoms with Gasteiger partial charge in [0.1, 0.15) is 5.75 Å². The van der Waals surface area contributed by atoms with Crippen LogP contribution in [-0.4, -0.2) is 42.1 Å². The Morgan fingerprint density at radius 3 is 2.44 bits per heavy atom. The second-order valence-corrected chi connectivity index (χ2v) is 6.79. The zero-order valence-electron chi connectivity index (χ0n) is 14.5. The summed E-state index contributed by atoms with van der Waals surface area (Å²) in [5.74, 6) is -0.232. The number of ether oxygens (including phenoxy) is 1. The van der Waals surface area contributed by atoms with E-state index >= 15 is 0 Å². The fraction of sp³-hybridized carbons (Fsp3) is 0.350. The number of halogens is 1. The molecule has 0 radical (unpaired) electrons. The van der Waals surface area contributed by atoms with Crippen molar-refractivity contribution in [2.24, 2.45) is 0 Å². The number of nitrogens with zero attached hydrogens (tertiary/aromatic N) is 1. The van der Waals surface area contributed by atoms with Gasteiger partial charge in [-0.3, -0.25) is 9.69 Å². The summed E-state index contributed by atoms with van der Waals surface area (Å²) in [4.78, 5) is 14.1. The molecule has 1 N–H and O–H groups in total. The first-order chi connectivity index (χ1) is 12.0. The number of ketones is 1. The quantitative estimate of drug-likeness (QED) is 0.826. The fourth-order valence-electron chi connectivity index (χ4n) is 3.20. The number of morpholine rings is 1. The molecule has 0 aliphatic carbocycles. The van der Waals surface area contributed by atoms with Gasteiger partial charge in [0.05, 0.1) is 18.8 Å². The Balaban J connectivity index is 1.89. The summed E-state index contributed by atoms with van der Waals surface area (Å²) in [6.45, 7) is 7.01. The van der Waals surface area contributed by atoms with Gasteiger partial charge in [-0.1, -0.05) is 35.9 Å². The van der Waals surface area contributed by atoms with E-state index < -0.39 is 0 Å². The van der Waals surface area contributed by atoms with Gasteiger partial charge in [-0.25, -0.2) is 0 Å². The molecule has 1 unspecified atom stereocenters. The number of benzene rings is 2. The molecule has 1 aliphatic rings. The molecule has 2 aromatic rings. The van der Waals surface area contributed by atoms with E-state index in [9.17, 15) is 9.90 Å². The average Bonchev–Trinajstić information content (AvgIpc) is 2.63. The third-order valence-electron chi connectivity index (χ3n) is 4.75. The molecule has 4 nitrogen and oxygen atoms in total. The van der Waals surface area contributed by atoms with Crippen LogP contribution in [0.25, 0.3) is 11.1 Å². The highest BCUT2D eigenvalue weighted by Gasteiger charge is 2.19. The maximum atomic E-state index is 11.7. The van der Waals surface area contributed by atoms with E-state index in [2.05, 4.69) is 24.0 Å². The third-order valence-corrected chi connectivity index (χ3v) is 4.97. The molecule has 2 aromatic carbocycles. The van der Waals surface area contributed by atoms with Crippen molar-refractivity contribution in [2.75, 3.05) is 26.3 Å². The molecular formula is C20H22ClNO3. The van der Waals surface area contributed by atoms with Gasteiger partial charge in [0, 0.05) is 29.7 Å². The molecule has 1 heterocycles. The Labute approximate surface area is 153 Å². The van der Waals surface area contributed by atoms with Gasteiger partial charge < -0.3 is 9.84 Å². The Morgan fingerprint density at radius 2 is 1.84 bits per heavy atom. The van der Waals surface area contributed by atoms with Gasteiger partial charge in [-0.15, -0.1) is 0 Å². The van der Waals surface area contributed by atoms with Crippen molar-refractivity contribution >= 4 is 17.4 Å². The van der Waals surface area contributed by atoms with Gasteiger partial charge in [0.2, 0.25) is 0 Å². The van der Waals surface area contributed by atoms with E-state index in [1.807, 2.05) is 12.1 Å². The number of hydrogen-bond acceptors (Lipinski definition) is 4. The maximum Gasteiger partial charge on any atom is 0.163 e. The molecule has 0 amide bonds. The van der Waals surface area contributed by atoms with Crippen molar-refractivity contribution in [2.45, 2.75) is 19.9 Å². The average molecular weight is 360 g/mol. The highest BCUT2D eigenvalue weighted by atomic mass is 35.5. The van der Waals surface area contributed by atoms with Crippen LogP contribution >= 0.6 is 11.6 Å². The molecule has 0 bridgehead atoms. The Kier molecular flexibility index (Phi) is 5.42. The summed E-state index contributed by atoms with van der Waals surface area (Å²) in [5, 5.41) is 10.9. The summed E-state index contributed by atoms with van der Waals surface area (Å²) < 4.78 is 5.41. The van der Waals surface area contributed by atoms with Crippen molar-refractivity contribution in [3.63, 3.8) is 0 Å². The smallest absolute Gasteiger partial charge is 0.163 e. The Hall–Kier alpha value is -1.88. The fourth-order valence-corrected chi connectivity index (χ4v) is 3.42. The van der Waals surface area contributed by atoms with Crippen LogP contribution in [0.2, 0.25) is 5.02 Å². The minimum atomic E-state index is -0.209. The minimum Gasteiger partial charge on any atom is -0.507 e. The maximum absolute atomic E-state index is 11.7. The lowest BCUT2D eigenvalue weighted by Crippen LogP contribution is -2.37. The van der Waals surface area contributed by atoms with Crippen molar-refractivity contribution in [1.29, 1.82) is 0 Å². The van der Waals surface area contributed by atoms with Crippen LogP contribution in [-0.2, 0) is 4.74 Å². The molecule has 0 saturated carbocycles. The SMILES string of the molecule is CC(=O)c1cc(Cl)cc(-c2ccc(C(C)N3CCOCC3)cc2)c1O. The Morgan fingerprint density at radius 1 is 1.20 bits per heavy atom. The van der Waals surface area contributed by atoms with E-state index in [0.717, 1.165) is 31.9 Å². The predicted octanol–water partition coefficient (Wildman–Crippen LogP) is 4.31. The lowest BCUT2D eigenvalue weighted by atomic mass is 9.97. The largest absolute Gasteiger partial charge is 0.507 e. The zero-order valence-corrected chi connectivity index (χ0v) is 15.2. The van der Waals surface area contributed by atoms with Crippen LogP contribution in [0, 0.1) is 0 Å². The number of carbonyl (C=O) groups is 1. The summed E-state index contributed by atoms with van der Waals surface area (Å²) in [6, 6.07) is 11.5. The lowest BCUT2D eigenvalue weighted by Gasteiger charge is -2.32. The number of carbonyl (C=O) groups excluding carboxylic acids is 1. The van der Waals surface area contributed by atoms with E-state index in [1.54, 1.807) is 6.07 Å². The molecule has 3 rings (SSSR count). The van der Waals surface area contributed by atoms with E-state index in [4.69, 9.17) is 16.3 Å². The van der Waals surface area contributed by atoms with Crippen LogP contribution in [0.4, 0.5) is 0 Å². The molecule has 1 aliphatic heterocycles. The topological polar surface area (TPSA) is 49.8 Å². The standard InChI is InChI=1S/C20H22ClNO3/c1-13(22-7-9-25-10-8-22)15-3-5-16(6-4-15)19-12-17(21)11-18(14(2)23)20(19)24/h3-6,11-13,24H,7-10H2,1-2H3. The van der Waals surface area contributed by atoms with Crippen LogP contribution < -0.4 is 0 Å². The van der Waals surface area contributed by atoms with Crippen LogP contribution in [0.15, 0.2) is 36.4 Å². The van der Waals surface area contributed by atoms with Crippen molar-refractivity contribution in [3.05, 3.63) is 52.5 Å². The van der Waals surface area contributed by atoms with Gasteiger partial charge in [-0.05, 0) is 37.1 Å².